The lowest BCUT2D eigenvalue weighted by Crippen LogP contribution is -2.28. The zero-order chi connectivity index (χ0) is 9.97. The van der Waals surface area contributed by atoms with E-state index in [1.54, 1.807) is 12.4 Å². The van der Waals surface area contributed by atoms with Crippen LogP contribution in [0.25, 0.3) is 0 Å². The van der Waals surface area contributed by atoms with Crippen LogP contribution in [0, 0.1) is 0 Å². The molecule has 78 valence electrons. The lowest BCUT2D eigenvalue weighted by atomic mass is 10.1. The predicted octanol–water partition coefficient (Wildman–Crippen LogP) is 0.881. The van der Waals surface area contributed by atoms with Gasteiger partial charge in [-0.05, 0) is 19.8 Å². The Morgan fingerprint density at radius 3 is 3.14 bits per heavy atom. The van der Waals surface area contributed by atoms with Crippen LogP contribution in [0.2, 0.25) is 0 Å². The van der Waals surface area contributed by atoms with Gasteiger partial charge < -0.3 is 14.8 Å². The van der Waals surface area contributed by atoms with Crippen LogP contribution in [0.15, 0.2) is 12.4 Å². The lowest BCUT2D eigenvalue weighted by molar-refractivity contribution is -0.0285. The Kier molecular flexibility index (Phi) is 2.84. The predicted molar refractivity (Wildman–Crippen MR) is 51.9 cm³/mol. The van der Waals surface area contributed by atoms with Crippen LogP contribution < -0.4 is 0 Å². The molecule has 1 aromatic rings. The molecule has 1 aliphatic heterocycles. The molecule has 0 amide bonds. The minimum Gasteiger partial charge on any atom is -0.390 e. The van der Waals surface area contributed by atoms with Crippen molar-refractivity contribution in [2.75, 3.05) is 0 Å². The Balaban J connectivity index is 1.87. The molecule has 2 N–H and O–H groups in total. The van der Waals surface area contributed by atoms with Gasteiger partial charge in [0.25, 0.3) is 0 Å². The number of rotatable bonds is 3. The summed E-state index contributed by atoms with van der Waals surface area (Å²) in [5.41, 5.74) is 0. The molecule has 1 aliphatic rings. The zero-order valence-electron chi connectivity index (χ0n) is 8.31. The van der Waals surface area contributed by atoms with E-state index in [2.05, 4.69) is 9.97 Å². The van der Waals surface area contributed by atoms with Crippen molar-refractivity contribution in [2.45, 2.75) is 44.5 Å². The summed E-state index contributed by atoms with van der Waals surface area (Å²) in [4.78, 5) is 7.05. The first-order valence-electron chi connectivity index (χ1n) is 5.07. The topological polar surface area (TPSA) is 58.1 Å². The van der Waals surface area contributed by atoms with Gasteiger partial charge in [-0.1, -0.05) is 0 Å². The van der Waals surface area contributed by atoms with Gasteiger partial charge in [-0.3, -0.25) is 0 Å². The van der Waals surface area contributed by atoms with E-state index >= 15 is 0 Å². The summed E-state index contributed by atoms with van der Waals surface area (Å²) in [6, 6.07) is 0. The molecule has 0 radical (unpaired) electrons. The van der Waals surface area contributed by atoms with Crippen molar-refractivity contribution in [2.24, 2.45) is 0 Å². The number of aromatic nitrogens is 2. The molecule has 2 heterocycles. The Morgan fingerprint density at radius 2 is 2.57 bits per heavy atom. The van der Waals surface area contributed by atoms with E-state index in [9.17, 15) is 5.11 Å². The van der Waals surface area contributed by atoms with Crippen molar-refractivity contribution < 1.29 is 9.84 Å². The van der Waals surface area contributed by atoms with Crippen LogP contribution in [0.1, 0.15) is 25.6 Å². The standard InChI is InChI=1S/C10H16N2O2/c1-7-2-3-9(14-7)8(13)6-10-11-4-5-12-10/h4-5,7-9,13H,2-3,6H2,1H3,(H,11,12). The summed E-state index contributed by atoms with van der Waals surface area (Å²) in [5.74, 6) is 0.820. The van der Waals surface area contributed by atoms with E-state index < -0.39 is 6.10 Å². The Morgan fingerprint density at radius 1 is 1.71 bits per heavy atom. The smallest absolute Gasteiger partial charge is 0.108 e. The molecule has 2 rings (SSSR count). The third-order valence-corrected chi connectivity index (χ3v) is 2.65. The highest BCUT2D eigenvalue weighted by molar-refractivity contribution is 4.92. The molecule has 3 unspecified atom stereocenters. The Bertz CT molecular complexity index is 274. The zero-order valence-corrected chi connectivity index (χ0v) is 8.31. The van der Waals surface area contributed by atoms with E-state index in [1.807, 2.05) is 6.92 Å². The number of imidazole rings is 1. The molecule has 1 saturated heterocycles. The largest absolute Gasteiger partial charge is 0.390 e. The molecule has 0 bridgehead atoms. The van der Waals surface area contributed by atoms with Crippen molar-refractivity contribution >= 4 is 0 Å². The van der Waals surface area contributed by atoms with Crippen LogP contribution in [-0.2, 0) is 11.2 Å². The molecule has 0 saturated carbocycles. The summed E-state index contributed by atoms with van der Waals surface area (Å²) in [6.07, 6.45) is 5.82. The summed E-state index contributed by atoms with van der Waals surface area (Å²) < 4.78 is 5.58. The average molecular weight is 196 g/mol. The first-order chi connectivity index (χ1) is 6.75. The molecule has 1 aromatic heterocycles. The SMILES string of the molecule is CC1CCC(C(O)Cc2ncc[nH]2)O1. The minimum absolute atomic E-state index is 0.0184. The molecule has 3 atom stereocenters. The number of aliphatic hydroxyl groups is 1. The third kappa shape index (κ3) is 2.13. The monoisotopic (exact) mass is 196 g/mol. The van der Waals surface area contributed by atoms with Crippen molar-refractivity contribution in [3.63, 3.8) is 0 Å². The van der Waals surface area contributed by atoms with Crippen molar-refractivity contribution in [1.82, 2.24) is 9.97 Å². The van der Waals surface area contributed by atoms with Gasteiger partial charge in [0.1, 0.15) is 5.82 Å². The fraction of sp³-hybridized carbons (Fsp3) is 0.700. The van der Waals surface area contributed by atoms with Crippen LogP contribution in [0.5, 0.6) is 0 Å². The van der Waals surface area contributed by atoms with Gasteiger partial charge >= 0.3 is 0 Å². The maximum atomic E-state index is 9.85. The van der Waals surface area contributed by atoms with E-state index in [0.717, 1.165) is 18.7 Å². The second-order valence-electron chi connectivity index (χ2n) is 3.87. The fourth-order valence-corrected chi connectivity index (χ4v) is 1.86. The van der Waals surface area contributed by atoms with Crippen molar-refractivity contribution in [1.29, 1.82) is 0 Å². The number of hydrogen-bond acceptors (Lipinski definition) is 3. The van der Waals surface area contributed by atoms with Gasteiger partial charge in [0.05, 0.1) is 18.3 Å². The van der Waals surface area contributed by atoms with Gasteiger partial charge in [-0.25, -0.2) is 4.98 Å². The van der Waals surface area contributed by atoms with Crippen LogP contribution in [-0.4, -0.2) is 33.4 Å². The molecule has 4 nitrogen and oxygen atoms in total. The Hall–Kier alpha value is -0.870. The summed E-state index contributed by atoms with van der Waals surface area (Å²) in [7, 11) is 0. The Labute approximate surface area is 83.3 Å². The quantitative estimate of drug-likeness (QED) is 0.754. The molecule has 0 spiro atoms. The van der Waals surface area contributed by atoms with E-state index in [0.29, 0.717) is 6.42 Å². The number of ether oxygens (including phenoxy) is 1. The number of hydrogen-bond donors (Lipinski definition) is 2. The van der Waals surface area contributed by atoms with Gasteiger partial charge in [-0.2, -0.15) is 0 Å². The van der Waals surface area contributed by atoms with Crippen molar-refractivity contribution in [3.8, 4) is 0 Å². The molecule has 1 fully saturated rings. The molecule has 4 heteroatoms. The third-order valence-electron chi connectivity index (χ3n) is 2.65. The van der Waals surface area contributed by atoms with E-state index in [1.165, 1.54) is 0 Å². The highest BCUT2D eigenvalue weighted by atomic mass is 16.5. The first kappa shape index (κ1) is 9.68. The number of aliphatic hydroxyl groups excluding tert-OH is 1. The highest BCUT2D eigenvalue weighted by Gasteiger charge is 2.28. The van der Waals surface area contributed by atoms with Crippen LogP contribution >= 0.6 is 0 Å². The van der Waals surface area contributed by atoms with Gasteiger partial charge in [0.15, 0.2) is 0 Å². The second kappa shape index (κ2) is 4.11. The normalized spacial score (nSPS) is 29.3. The second-order valence-corrected chi connectivity index (χ2v) is 3.87. The molecule has 14 heavy (non-hydrogen) atoms. The molecule has 0 aromatic carbocycles. The van der Waals surface area contributed by atoms with Gasteiger partial charge in [-0.15, -0.1) is 0 Å². The minimum atomic E-state index is -0.439. The van der Waals surface area contributed by atoms with E-state index in [4.69, 9.17) is 4.74 Å². The maximum absolute atomic E-state index is 9.85. The highest BCUT2D eigenvalue weighted by Crippen LogP contribution is 2.22. The van der Waals surface area contributed by atoms with Crippen LogP contribution in [0.3, 0.4) is 0 Å². The number of nitrogens with zero attached hydrogens (tertiary/aromatic N) is 1. The van der Waals surface area contributed by atoms with E-state index in [-0.39, 0.29) is 12.2 Å². The number of aromatic amines is 1. The number of nitrogens with one attached hydrogen (secondary N) is 1. The van der Waals surface area contributed by atoms with Crippen LogP contribution in [0.4, 0.5) is 0 Å². The average Bonchev–Trinajstić information content (AvgIpc) is 2.75. The maximum Gasteiger partial charge on any atom is 0.108 e. The fourth-order valence-electron chi connectivity index (χ4n) is 1.86. The summed E-state index contributed by atoms with van der Waals surface area (Å²) in [5, 5.41) is 9.85. The van der Waals surface area contributed by atoms with Gasteiger partial charge in [0.2, 0.25) is 0 Å². The molecule has 0 aliphatic carbocycles. The summed E-state index contributed by atoms with van der Waals surface area (Å²) in [6.45, 7) is 2.04. The molecular formula is C10H16N2O2. The first-order valence-corrected chi connectivity index (χ1v) is 5.07. The van der Waals surface area contributed by atoms with Crippen molar-refractivity contribution in [3.05, 3.63) is 18.2 Å². The molecular weight excluding hydrogens is 180 g/mol. The summed E-state index contributed by atoms with van der Waals surface area (Å²) >= 11 is 0. The number of H-pyrrole nitrogens is 1. The van der Waals surface area contributed by atoms with Gasteiger partial charge in [0, 0.05) is 18.8 Å². The lowest BCUT2D eigenvalue weighted by Gasteiger charge is -2.17.